The second kappa shape index (κ2) is 11.0. The molecule has 7 nitrogen and oxygen atoms in total. The van der Waals surface area contributed by atoms with Crippen LogP contribution in [0.15, 0.2) is 12.1 Å². The van der Waals surface area contributed by atoms with Gasteiger partial charge in [-0.1, -0.05) is 41.7 Å². The van der Waals surface area contributed by atoms with E-state index in [1.54, 1.807) is 0 Å². The second-order valence-electron chi connectivity index (χ2n) is 5.80. The van der Waals surface area contributed by atoms with Crippen molar-refractivity contribution in [3.8, 4) is 5.75 Å². The molecule has 0 aliphatic heterocycles. The molecular weight excluding hydrogens is 493 g/mol. The molecule has 0 radical (unpaired) electrons. The predicted octanol–water partition coefficient (Wildman–Crippen LogP) is 4.76. The summed E-state index contributed by atoms with van der Waals surface area (Å²) in [7, 11) is 1.31. The van der Waals surface area contributed by atoms with Gasteiger partial charge in [-0.2, -0.15) is 0 Å². The van der Waals surface area contributed by atoms with Crippen LogP contribution in [0.2, 0.25) is 15.1 Å². The van der Waals surface area contributed by atoms with Gasteiger partial charge in [-0.3, -0.25) is 15.6 Å². The zero-order valence-corrected chi connectivity index (χ0v) is 20.1. The minimum absolute atomic E-state index is 0.0833. The smallest absolute Gasteiger partial charge is 0.341 e. The number of esters is 1. The summed E-state index contributed by atoms with van der Waals surface area (Å²) in [5, 5.41) is 4.22. The Morgan fingerprint density at radius 2 is 1.80 bits per heavy atom. The molecule has 0 unspecified atom stereocenters. The summed E-state index contributed by atoms with van der Waals surface area (Å²) in [5.74, 6) is -0.857. The van der Waals surface area contributed by atoms with E-state index in [1.165, 1.54) is 30.6 Å². The summed E-state index contributed by atoms with van der Waals surface area (Å²) >= 11 is 24.4. The lowest BCUT2D eigenvalue weighted by molar-refractivity contribution is -0.123. The van der Waals surface area contributed by atoms with Crippen molar-refractivity contribution in [1.82, 2.24) is 10.9 Å². The van der Waals surface area contributed by atoms with Gasteiger partial charge in [0.2, 0.25) is 0 Å². The van der Waals surface area contributed by atoms with Gasteiger partial charge in [-0.25, -0.2) is 4.79 Å². The zero-order valence-electron chi connectivity index (χ0n) is 16.2. The maximum Gasteiger partial charge on any atom is 0.341 e. The van der Waals surface area contributed by atoms with Crippen molar-refractivity contribution >= 4 is 80.3 Å². The first-order chi connectivity index (χ1) is 14.2. The van der Waals surface area contributed by atoms with E-state index in [2.05, 4.69) is 16.2 Å². The van der Waals surface area contributed by atoms with E-state index < -0.39 is 11.9 Å². The molecular formula is C18H18Cl3N3O4S2. The summed E-state index contributed by atoms with van der Waals surface area (Å²) in [5.41, 5.74) is 6.23. The molecule has 0 saturated heterocycles. The average Bonchev–Trinajstić information content (AvgIpc) is 2.99. The number of halogens is 3. The van der Waals surface area contributed by atoms with Crippen LogP contribution >= 0.6 is 58.4 Å². The Kier molecular flexibility index (Phi) is 8.99. The summed E-state index contributed by atoms with van der Waals surface area (Å²) in [4.78, 5) is 25.1. The lowest BCUT2D eigenvalue weighted by Gasteiger charge is -2.13. The van der Waals surface area contributed by atoms with Gasteiger partial charge < -0.3 is 14.8 Å². The number of carbonyl (C=O) groups is 2. The molecule has 0 aliphatic carbocycles. The molecule has 0 spiro atoms. The first-order valence-corrected chi connectivity index (χ1v) is 10.9. The van der Waals surface area contributed by atoms with Crippen LogP contribution in [0.3, 0.4) is 0 Å². The first-order valence-electron chi connectivity index (χ1n) is 8.51. The topological polar surface area (TPSA) is 88.7 Å². The molecule has 30 heavy (non-hydrogen) atoms. The van der Waals surface area contributed by atoms with Crippen LogP contribution in [0.4, 0.5) is 5.00 Å². The SMILES string of the molecule is CCc1c(C)sc(NC(=S)NNC(=O)COc2c(Cl)cc(Cl)cc2Cl)c1C(=O)OC. The van der Waals surface area contributed by atoms with E-state index in [9.17, 15) is 9.59 Å². The van der Waals surface area contributed by atoms with Crippen molar-refractivity contribution in [2.24, 2.45) is 0 Å². The van der Waals surface area contributed by atoms with Crippen molar-refractivity contribution in [2.75, 3.05) is 19.0 Å². The number of hydrazine groups is 1. The highest BCUT2D eigenvalue weighted by atomic mass is 35.5. The molecule has 1 aromatic carbocycles. The van der Waals surface area contributed by atoms with Gasteiger partial charge >= 0.3 is 5.97 Å². The fraction of sp³-hybridized carbons (Fsp3) is 0.278. The fourth-order valence-corrected chi connectivity index (χ4v) is 4.79. The van der Waals surface area contributed by atoms with Crippen LogP contribution in [0.25, 0.3) is 0 Å². The lowest BCUT2D eigenvalue weighted by Crippen LogP contribution is -2.45. The third kappa shape index (κ3) is 6.12. The van der Waals surface area contributed by atoms with Crippen LogP contribution in [0, 0.1) is 6.92 Å². The molecule has 1 heterocycles. The number of hydrogen-bond donors (Lipinski definition) is 3. The van der Waals surface area contributed by atoms with Crippen LogP contribution in [0.5, 0.6) is 5.75 Å². The van der Waals surface area contributed by atoms with E-state index in [4.69, 9.17) is 56.5 Å². The number of anilines is 1. The normalized spacial score (nSPS) is 10.3. The van der Waals surface area contributed by atoms with E-state index >= 15 is 0 Å². The Morgan fingerprint density at radius 1 is 1.17 bits per heavy atom. The van der Waals surface area contributed by atoms with Crippen molar-refractivity contribution in [3.63, 3.8) is 0 Å². The molecule has 0 fully saturated rings. The van der Waals surface area contributed by atoms with Crippen molar-refractivity contribution < 1.29 is 19.1 Å². The molecule has 12 heteroatoms. The highest BCUT2D eigenvalue weighted by Gasteiger charge is 2.22. The molecule has 1 amide bonds. The molecule has 0 atom stereocenters. The summed E-state index contributed by atoms with van der Waals surface area (Å²) in [6.45, 7) is 3.48. The third-order valence-electron chi connectivity index (χ3n) is 3.81. The van der Waals surface area contributed by atoms with Gasteiger partial charge in [0.1, 0.15) is 5.00 Å². The molecule has 0 saturated carbocycles. The average molecular weight is 511 g/mol. The quantitative estimate of drug-likeness (QED) is 0.293. The number of benzene rings is 1. The third-order valence-corrected chi connectivity index (χ3v) is 5.85. The van der Waals surface area contributed by atoms with Crippen LogP contribution in [-0.4, -0.2) is 30.7 Å². The van der Waals surface area contributed by atoms with Gasteiger partial charge in [0.25, 0.3) is 5.91 Å². The molecule has 3 N–H and O–H groups in total. The van der Waals surface area contributed by atoms with Gasteiger partial charge in [-0.05, 0) is 43.3 Å². The monoisotopic (exact) mass is 509 g/mol. The number of carbonyl (C=O) groups excluding carboxylic acids is 2. The molecule has 162 valence electrons. The minimum Gasteiger partial charge on any atom is -0.481 e. The maximum atomic E-state index is 12.1. The standard InChI is InChI=1S/C18H18Cl3N3O4S2/c1-4-10-8(2)30-16(14(10)17(26)27-3)22-18(29)24-23-13(25)7-28-15-11(20)5-9(19)6-12(15)21/h5-6H,4,7H2,1-3H3,(H,23,25)(H2,22,24,29). The van der Waals surface area contributed by atoms with Crippen LogP contribution in [0.1, 0.15) is 27.7 Å². The van der Waals surface area contributed by atoms with E-state index in [0.717, 1.165) is 10.4 Å². The van der Waals surface area contributed by atoms with E-state index in [1.807, 2.05) is 13.8 Å². The molecule has 2 aromatic rings. The summed E-state index contributed by atoms with van der Waals surface area (Å²) in [6.07, 6.45) is 0.665. The molecule has 2 rings (SSSR count). The lowest BCUT2D eigenvalue weighted by atomic mass is 10.1. The zero-order chi connectivity index (χ0) is 22.4. The predicted molar refractivity (Wildman–Crippen MR) is 124 cm³/mol. The van der Waals surface area contributed by atoms with Crippen molar-refractivity contribution in [1.29, 1.82) is 0 Å². The van der Waals surface area contributed by atoms with E-state index in [0.29, 0.717) is 22.0 Å². The van der Waals surface area contributed by atoms with Crippen LogP contribution < -0.4 is 20.9 Å². The summed E-state index contributed by atoms with van der Waals surface area (Å²) in [6, 6.07) is 2.90. The summed E-state index contributed by atoms with van der Waals surface area (Å²) < 4.78 is 10.2. The fourth-order valence-electron chi connectivity index (χ4n) is 2.51. The molecule has 1 aromatic heterocycles. The molecule has 0 aliphatic rings. The minimum atomic E-state index is -0.536. The molecule has 0 bridgehead atoms. The second-order valence-corrected chi connectivity index (χ2v) is 8.68. The van der Waals surface area contributed by atoms with Crippen molar-refractivity contribution in [2.45, 2.75) is 20.3 Å². The number of rotatable bonds is 6. The Hall–Kier alpha value is -1.78. The highest BCUT2D eigenvalue weighted by Crippen LogP contribution is 2.36. The van der Waals surface area contributed by atoms with Gasteiger partial charge in [0.15, 0.2) is 17.5 Å². The maximum absolute atomic E-state index is 12.1. The number of methoxy groups -OCH3 is 1. The number of nitrogens with one attached hydrogen (secondary N) is 3. The van der Waals surface area contributed by atoms with Gasteiger partial charge in [0.05, 0.1) is 22.7 Å². The Morgan fingerprint density at radius 3 is 2.37 bits per heavy atom. The van der Waals surface area contributed by atoms with Crippen LogP contribution in [-0.2, 0) is 16.0 Å². The largest absolute Gasteiger partial charge is 0.481 e. The highest BCUT2D eigenvalue weighted by molar-refractivity contribution is 7.80. The van der Waals surface area contributed by atoms with Crippen molar-refractivity contribution in [3.05, 3.63) is 43.2 Å². The number of hydrogen-bond acceptors (Lipinski definition) is 6. The Bertz CT molecular complexity index is 959. The Labute approximate surface area is 197 Å². The number of thiocarbonyl (C=S) groups is 1. The first kappa shape index (κ1) is 24.5. The van der Waals surface area contributed by atoms with Gasteiger partial charge in [0, 0.05) is 9.90 Å². The number of amides is 1. The Balaban J connectivity index is 1.94. The number of ether oxygens (including phenoxy) is 2. The van der Waals surface area contributed by atoms with Gasteiger partial charge in [-0.15, -0.1) is 11.3 Å². The van der Waals surface area contributed by atoms with E-state index in [-0.39, 0.29) is 27.5 Å². The number of thiophene rings is 1. The number of aryl methyl sites for hydroxylation is 1.